The normalized spacial score (nSPS) is 31.2. The van der Waals surface area contributed by atoms with Crippen LogP contribution in [0.1, 0.15) is 13.2 Å². The number of halogens is 1. The van der Waals surface area contributed by atoms with Gasteiger partial charge in [0.15, 0.2) is 6.23 Å². The topological polar surface area (TPSA) is 244 Å². The Hall–Kier alpha value is -1.06. The Morgan fingerprint density at radius 1 is 1.20 bits per heavy atom. The highest BCUT2D eigenvalue weighted by Gasteiger charge is 2.55. The quantitative estimate of drug-likeness (QED) is 0.236. The van der Waals surface area contributed by atoms with Gasteiger partial charge >= 0.3 is 29.2 Å². The molecule has 0 spiro atoms. The zero-order valence-corrected chi connectivity index (χ0v) is 17.4. The second kappa shape index (κ2) is 8.47. The van der Waals surface area contributed by atoms with E-state index >= 15 is 4.39 Å². The largest absolute Gasteiger partial charge is 0.490 e. The van der Waals surface area contributed by atoms with Gasteiger partial charge in [0.1, 0.15) is 12.7 Å². The zero-order valence-electron chi connectivity index (χ0n) is 14.7. The zero-order chi connectivity index (χ0) is 23.1. The summed E-state index contributed by atoms with van der Waals surface area (Å²) in [7, 11) is -17.1. The highest BCUT2D eigenvalue weighted by atomic mass is 31.3. The third kappa shape index (κ3) is 6.23. The summed E-state index contributed by atoms with van der Waals surface area (Å²) >= 11 is 0. The van der Waals surface area contributed by atoms with Crippen LogP contribution in [0.15, 0.2) is 21.9 Å². The van der Waals surface area contributed by atoms with Crippen molar-refractivity contribution in [2.24, 2.45) is 5.92 Å². The number of alkyl halides is 1. The molecular weight excluding hydrogens is 484 g/mol. The summed E-state index contributed by atoms with van der Waals surface area (Å²) in [6.07, 6.45) is -2.52. The van der Waals surface area contributed by atoms with Gasteiger partial charge < -0.3 is 29.4 Å². The van der Waals surface area contributed by atoms with Crippen LogP contribution < -0.4 is 11.2 Å². The number of hydrogen-bond donors (Lipinski definition) is 6. The molecule has 0 amide bonds. The number of hydrogen-bond acceptors (Lipinski definition) is 10. The van der Waals surface area contributed by atoms with Crippen molar-refractivity contribution in [3.63, 3.8) is 0 Å². The van der Waals surface area contributed by atoms with E-state index in [0.29, 0.717) is 4.57 Å². The fourth-order valence-corrected chi connectivity index (χ4v) is 5.40. The van der Waals surface area contributed by atoms with Crippen molar-refractivity contribution < 1.29 is 60.6 Å². The Morgan fingerprint density at radius 3 is 2.33 bits per heavy atom. The Balaban J connectivity index is 2.15. The van der Waals surface area contributed by atoms with Gasteiger partial charge in [-0.1, -0.05) is 6.92 Å². The standard InChI is InChI=1S/C10H16FN2O14P3/c1-5-7(15)8(13-3-2-6(14)12-9(13)16)25-10(5,11)4-24-29(20,21)27-30(22,23)26-28(17,18)19/h2-3,5,7-8,15H,4H2,1H3,(H,20,21)(H,22,23)(H,12,14,16)(H2,17,18,19)/t5-,7+,8+,10+/m0/s1. The highest BCUT2D eigenvalue weighted by molar-refractivity contribution is 7.66. The number of aromatic nitrogens is 2. The fraction of sp³-hybridized carbons (Fsp3) is 0.600. The van der Waals surface area contributed by atoms with Crippen molar-refractivity contribution in [1.29, 1.82) is 0 Å². The van der Waals surface area contributed by atoms with Gasteiger partial charge in [-0.05, 0) is 0 Å². The number of aliphatic hydroxyl groups is 1. The van der Waals surface area contributed by atoms with E-state index in [2.05, 4.69) is 13.1 Å². The van der Waals surface area contributed by atoms with Gasteiger partial charge in [0.2, 0.25) is 5.85 Å². The first-order valence-electron chi connectivity index (χ1n) is 7.59. The molecule has 1 fully saturated rings. The number of phosphoric acid groups is 3. The van der Waals surface area contributed by atoms with Gasteiger partial charge in [-0.25, -0.2) is 22.9 Å². The van der Waals surface area contributed by atoms with Crippen molar-refractivity contribution in [1.82, 2.24) is 9.55 Å². The summed E-state index contributed by atoms with van der Waals surface area (Å²) in [4.78, 5) is 60.1. The van der Waals surface area contributed by atoms with Crippen LogP contribution in [-0.4, -0.2) is 52.8 Å². The molecule has 6 N–H and O–H groups in total. The van der Waals surface area contributed by atoms with Crippen LogP contribution in [-0.2, 0) is 31.6 Å². The second-order valence-electron chi connectivity index (χ2n) is 5.96. The van der Waals surface area contributed by atoms with Gasteiger partial charge in [0, 0.05) is 18.2 Å². The molecule has 1 aliphatic rings. The fourth-order valence-electron chi connectivity index (χ4n) is 2.37. The van der Waals surface area contributed by atoms with Crippen LogP contribution in [0, 0.1) is 5.92 Å². The van der Waals surface area contributed by atoms with E-state index in [-0.39, 0.29) is 0 Å². The molecule has 0 saturated carbocycles. The van der Waals surface area contributed by atoms with Gasteiger partial charge in [-0.3, -0.25) is 18.9 Å². The minimum atomic E-state index is -5.81. The van der Waals surface area contributed by atoms with E-state index in [1.165, 1.54) is 0 Å². The summed E-state index contributed by atoms with van der Waals surface area (Å²) < 4.78 is 65.3. The predicted molar refractivity (Wildman–Crippen MR) is 90.3 cm³/mol. The average molecular weight is 500 g/mol. The number of ether oxygens (including phenoxy) is 1. The van der Waals surface area contributed by atoms with Crippen LogP contribution in [0.5, 0.6) is 0 Å². The number of aromatic amines is 1. The molecule has 0 radical (unpaired) electrons. The van der Waals surface area contributed by atoms with E-state index in [9.17, 15) is 33.3 Å². The maximum atomic E-state index is 15.1. The summed E-state index contributed by atoms with van der Waals surface area (Å²) in [5.41, 5.74) is -1.84. The van der Waals surface area contributed by atoms with Crippen molar-refractivity contribution in [2.75, 3.05) is 6.61 Å². The van der Waals surface area contributed by atoms with E-state index in [0.717, 1.165) is 19.2 Å². The molecule has 1 saturated heterocycles. The molecular formula is C10H16FN2O14P3. The maximum Gasteiger partial charge on any atom is 0.490 e. The Bertz CT molecular complexity index is 1050. The van der Waals surface area contributed by atoms with Gasteiger partial charge in [0.25, 0.3) is 5.56 Å². The first-order valence-corrected chi connectivity index (χ1v) is 12.1. The molecule has 6 atom stereocenters. The Labute approximate surface area is 165 Å². The monoisotopic (exact) mass is 500 g/mol. The minimum Gasteiger partial charge on any atom is -0.388 e. The molecule has 0 bridgehead atoms. The molecule has 16 nitrogen and oxygen atoms in total. The van der Waals surface area contributed by atoms with Crippen LogP contribution in [0.3, 0.4) is 0 Å². The number of nitrogens with zero attached hydrogens (tertiary/aromatic N) is 1. The second-order valence-corrected chi connectivity index (χ2v) is 10.4. The SMILES string of the molecule is C[C@H]1[C@@H](O)[C@H](n2ccc(=O)[nH]c2=O)O[C@]1(F)COP(=O)(O)OP(=O)(O)OP(=O)(O)O. The molecule has 1 aromatic rings. The van der Waals surface area contributed by atoms with Crippen LogP contribution in [0.25, 0.3) is 0 Å². The molecule has 2 heterocycles. The molecule has 2 rings (SSSR count). The smallest absolute Gasteiger partial charge is 0.388 e. The summed E-state index contributed by atoms with van der Waals surface area (Å²) in [5.74, 6) is -4.56. The van der Waals surface area contributed by atoms with Crippen molar-refractivity contribution in [2.45, 2.75) is 25.1 Å². The van der Waals surface area contributed by atoms with E-state index in [4.69, 9.17) is 19.4 Å². The lowest BCUT2D eigenvalue weighted by atomic mass is 9.99. The number of rotatable bonds is 8. The van der Waals surface area contributed by atoms with E-state index in [1.54, 1.807) is 0 Å². The van der Waals surface area contributed by atoms with Gasteiger partial charge in [-0.2, -0.15) is 8.62 Å². The number of nitrogens with one attached hydrogen (secondary N) is 1. The molecule has 1 aromatic heterocycles. The molecule has 1 aliphatic heterocycles. The van der Waals surface area contributed by atoms with Crippen molar-refractivity contribution in [3.05, 3.63) is 33.1 Å². The third-order valence-electron chi connectivity index (χ3n) is 3.77. The molecule has 20 heteroatoms. The minimum absolute atomic E-state index is 0.634. The number of phosphoric ester groups is 1. The van der Waals surface area contributed by atoms with Crippen LogP contribution in [0.4, 0.5) is 4.39 Å². The van der Waals surface area contributed by atoms with E-state index in [1.807, 2.05) is 4.98 Å². The molecule has 30 heavy (non-hydrogen) atoms. The van der Waals surface area contributed by atoms with Crippen LogP contribution in [0.2, 0.25) is 0 Å². The molecule has 2 unspecified atom stereocenters. The molecule has 172 valence electrons. The van der Waals surface area contributed by atoms with Gasteiger partial charge in [-0.15, -0.1) is 0 Å². The van der Waals surface area contributed by atoms with Crippen molar-refractivity contribution >= 4 is 23.5 Å². The first-order chi connectivity index (χ1) is 13.4. The average Bonchev–Trinajstić information content (AvgIpc) is 2.75. The summed E-state index contributed by atoms with van der Waals surface area (Å²) in [5, 5.41) is 10.2. The highest BCUT2D eigenvalue weighted by Crippen LogP contribution is 2.66. The lowest BCUT2D eigenvalue weighted by molar-refractivity contribution is -0.190. The number of aliphatic hydroxyl groups excluding tert-OH is 1. The number of H-pyrrole nitrogens is 1. The van der Waals surface area contributed by atoms with Gasteiger partial charge in [0.05, 0.1) is 0 Å². The molecule has 0 aromatic carbocycles. The van der Waals surface area contributed by atoms with Crippen molar-refractivity contribution in [3.8, 4) is 0 Å². The lowest BCUT2D eigenvalue weighted by Gasteiger charge is -2.25. The molecule has 0 aliphatic carbocycles. The maximum absolute atomic E-state index is 15.1. The first kappa shape index (κ1) is 25.2. The lowest BCUT2D eigenvalue weighted by Crippen LogP contribution is -2.36. The Morgan fingerprint density at radius 2 is 1.80 bits per heavy atom. The Kier molecular flexibility index (Phi) is 7.11. The summed E-state index contributed by atoms with van der Waals surface area (Å²) in [6.45, 7) is -0.425. The summed E-state index contributed by atoms with van der Waals surface area (Å²) in [6, 6.07) is 0.881. The predicted octanol–water partition coefficient (Wildman–Crippen LogP) is -0.929. The van der Waals surface area contributed by atoms with Crippen LogP contribution >= 0.6 is 23.5 Å². The third-order valence-corrected chi connectivity index (χ3v) is 7.55. The van der Waals surface area contributed by atoms with E-state index < -0.39 is 65.4 Å².